The number of halogens is 1. The predicted octanol–water partition coefficient (Wildman–Crippen LogP) is 2.88. The minimum atomic E-state index is -4.17. The van der Waals surface area contributed by atoms with Crippen molar-refractivity contribution in [3.8, 4) is 34.6 Å². The van der Waals surface area contributed by atoms with Crippen LogP contribution in [0.3, 0.4) is 0 Å². The molecule has 0 saturated heterocycles. The van der Waals surface area contributed by atoms with Gasteiger partial charge in [-0.2, -0.15) is 0 Å². The standard InChI is InChI=1S/C23H23ClN6O6S/c1-34-18-7-5-8-19(35-2)21(18)30-22(16-6-4-9-20(26-16)36-3)27-28-23(30)29-37(32,33)13-17(31)15-11-10-14(24)12-25-15/h4-12,17,31H,13H2,1-3H3,(H,28,29)/t17-/m1/s1. The Hall–Kier alpha value is -3.94. The predicted molar refractivity (Wildman–Crippen MR) is 136 cm³/mol. The number of pyridine rings is 2. The second kappa shape index (κ2) is 11.0. The molecule has 37 heavy (non-hydrogen) atoms. The van der Waals surface area contributed by atoms with E-state index in [1.165, 1.54) is 44.2 Å². The molecule has 0 aliphatic heterocycles. The minimum absolute atomic E-state index is 0.143. The first-order valence-corrected chi connectivity index (χ1v) is 12.8. The van der Waals surface area contributed by atoms with E-state index in [9.17, 15) is 13.5 Å². The molecular weight excluding hydrogens is 524 g/mol. The van der Waals surface area contributed by atoms with Gasteiger partial charge in [0.2, 0.25) is 21.9 Å². The summed E-state index contributed by atoms with van der Waals surface area (Å²) in [5.41, 5.74) is 0.814. The lowest BCUT2D eigenvalue weighted by Gasteiger charge is -2.18. The monoisotopic (exact) mass is 546 g/mol. The SMILES string of the molecule is COc1cccc(-c2nnc(NS(=O)(=O)C[C@@H](O)c3ccc(Cl)cn3)n2-c2c(OC)cccc2OC)n1. The zero-order valence-corrected chi connectivity index (χ0v) is 21.6. The number of anilines is 1. The maximum absolute atomic E-state index is 13.1. The molecule has 0 unspecified atom stereocenters. The maximum atomic E-state index is 13.1. The van der Waals surface area contributed by atoms with Crippen LogP contribution in [0.25, 0.3) is 17.2 Å². The van der Waals surface area contributed by atoms with Crippen LogP contribution in [0.5, 0.6) is 17.4 Å². The third kappa shape index (κ3) is 5.74. The first-order chi connectivity index (χ1) is 17.8. The van der Waals surface area contributed by atoms with E-state index in [0.717, 1.165) is 0 Å². The molecule has 0 radical (unpaired) electrons. The fraction of sp³-hybridized carbons (Fsp3) is 0.217. The first-order valence-electron chi connectivity index (χ1n) is 10.7. The molecule has 0 aliphatic rings. The number of aromatic nitrogens is 5. The molecule has 4 aromatic rings. The van der Waals surface area contributed by atoms with Gasteiger partial charge in [-0.05, 0) is 30.3 Å². The van der Waals surface area contributed by atoms with Gasteiger partial charge in [-0.15, -0.1) is 10.2 Å². The van der Waals surface area contributed by atoms with Crippen LogP contribution in [0.1, 0.15) is 11.8 Å². The lowest BCUT2D eigenvalue weighted by atomic mass is 10.2. The van der Waals surface area contributed by atoms with Crippen LogP contribution in [-0.4, -0.2) is 65.3 Å². The van der Waals surface area contributed by atoms with Crippen LogP contribution in [0.2, 0.25) is 5.02 Å². The van der Waals surface area contributed by atoms with Gasteiger partial charge < -0.3 is 19.3 Å². The molecule has 3 heterocycles. The molecule has 0 aliphatic carbocycles. The van der Waals surface area contributed by atoms with E-state index in [1.54, 1.807) is 36.4 Å². The number of rotatable bonds is 10. The maximum Gasteiger partial charge on any atom is 0.243 e. The van der Waals surface area contributed by atoms with Gasteiger partial charge >= 0.3 is 0 Å². The van der Waals surface area contributed by atoms with Gasteiger partial charge in [0.1, 0.15) is 34.7 Å². The second-order valence-electron chi connectivity index (χ2n) is 7.56. The molecule has 4 rings (SSSR count). The highest BCUT2D eigenvalue weighted by molar-refractivity contribution is 7.92. The lowest BCUT2D eigenvalue weighted by molar-refractivity contribution is 0.197. The molecule has 1 atom stereocenters. The van der Waals surface area contributed by atoms with Gasteiger partial charge in [0, 0.05) is 12.3 Å². The highest BCUT2D eigenvalue weighted by Crippen LogP contribution is 2.37. The van der Waals surface area contributed by atoms with Crippen molar-refractivity contribution in [2.45, 2.75) is 6.10 Å². The Bertz CT molecular complexity index is 1470. The summed E-state index contributed by atoms with van der Waals surface area (Å²) in [5.74, 6) is 0.325. The number of benzene rings is 1. The molecular formula is C23H23ClN6O6S. The molecule has 3 aromatic heterocycles. The highest BCUT2D eigenvalue weighted by atomic mass is 35.5. The number of hydrogen-bond acceptors (Lipinski definition) is 10. The van der Waals surface area contributed by atoms with Gasteiger partial charge in [-0.25, -0.2) is 13.4 Å². The van der Waals surface area contributed by atoms with Crippen molar-refractivity contribution in [2.75, 3.05) is 31.8 Å². The van der Waals surface area contributed by atoms with E-state index < -0.39 is 21.9 Å². The number of nitrogens with zero attached hydrogens (tertiary/aromatic N) is 5. The fourth-order valence-corrected chi connectivity index (χ4v) is 4.68. The van der Waals surface area contributed by atoms with Crippen LogP contribution in [0, 0.1) is 0 Å². The van der Waals surface area contributed by atoms with E-state index in [2.05, 4.69) is 24.9 Å². The molecule has 12 nitrogen and oxygen atoms in total. The van der Waals surface area contributed by atoms with Gasteiger partial charge in [0.05, 0.1) is 32.0 Å². The Morgan fingerprint density at radius 3 is 2.32 bits per heavy atom. The van der Waals surface area contributed by atoms with Crippen molar-refractivity contribution in [1.82, 2.24) is 24.7 Å². The number of aliphatic hydroxyl groups is 1. The molecule has 0 bridgehead atoms. The summed E-state index contributed by atoms with van der Waals surface area (Å²) in [6.07, 6.45) is -0.107. The van der Waals surface area contributed by atoms with Crippen molar-refractivity contribution in [3.05, 3.63) is 65.4 Å². The van der Waals surface area contributed by atoms with Crippen LogP contribution < -0.4 is 18.9 Å². The summed E-state index contributed by atoms with van der Waals surface area (Å²) in [6.45, 7) is 0. The molecule has 0 saturated carbocycles. The fourth-order valence-electron chi connectivity index (χ4n) is 3.49. The normalized spacial score (nSPS) is 12.1. The van der Waals surface area contributed by atoms with Crippen molar-refractivity contribution in [2.24, 2.45) is 0 Å². The van der Waals surface area contributed by atoms with Crippen LogP contribution in [0.4, 0.5) is 5.95 Å². The average Bonchev–Trinajstić information content (AvgIpc) is 3.30. The third-order valence-electron chi connectivity index (χ3n) is 5.17. The van der Waals surface area contributed by atoms with Gasteiger partial charge in [-0.3, -0.25) is 14.3 Å². The number of para-hydroxylation sites is 1. The highest BCUT2D eigenvalue weighted by Gasteiger charge is 2.27. The van der Waals surface area contributed by atoms with E-state index in [-0.39, 0.29) is 17.5 Å². The molecule has 0 fully saturated rings. The topological polar surface area (TPSA) is 151 Å². The number of sulfonamides is 1. The molecule has 14 heteroatoms. The van der Waals surface area contributed by atoms with E-state index in [1.807, 2.05) is 0 Å². The lowest BCUT2D eigenvalue weighted by Crippen LogP contribution is -2.24. The van der Waals surface area contributed by atoms with Gasteiger partial charge in [0.25, 0.3) is 0 Å². The molecule has 0 amide bonds. The number of aliphatic hydroxyl groups excluding tert-OH is 1. The van der Waals surface area contributed by atoms with E-state index in [4.69, 9.17) is 25.8 Å². The average molecular weight is 547 g/mol. The largest absolute Gasteiger partial charge is 0.494 e. The smallest absolute Gasteiger partial charge is 0.243 e. The summed E-state index contributed by atoms with van der Waals surface area (Å²) in [6, 6.07) is 13.0. The minimum Gasteiger partial charge on any atom is -0.494 e. The zero-order chi connectivity index (χ0) is 26.6. The second-order valence-corrected chi connectivity index (χ2v) is 9.76. The number of hydrogen-bond donors (Lipinski definition) is 2. The van der Waals surface area contributed by atoms with Gasteiger partial charge in [-0.1, -0.05) is 23.7 Å². The van der Waals surface area contributed by atoms with Crippen LogP contribution in [-0.2, 0) is 10.0 Å². The van der Waals surface area contributed by atoms with Crippen LogP contribution in [0.15, 0.2) is 54.7 Å². The molecule has 0 spiro atoms. The van der Waals surface area contributed by atoms with E-state index in [0.29, 0.717) is 33.8 Å². The Balaban J connectivity index is 1.80. The number of ether oxygens (including phenoxy) is 3. The summed E-state index contributed by atoms with van der Waals surface area (Å²) in [5, 5.41) is 19.1. The molecule has 194 valence electrons. The van der Waals surface area contributed by atoms with E-state index >= 15 is 0 Å². The Labute approximate surface area is 217 Å². The number of nitrogens with one attached hydrogen (secondary N) is 1. The summed E-state index contributed by atoms with van der Waals surface area (Å²) in [4.78, 5) is 8.38. The molecule has 1 aromatic carbocycles. The third-order valence-corrected chi connectivity index (χ3v) is 6.64. The first kappa shape index (κ1) is 26.1. The van der Waals surface area contributed by atoms with Crippen LogP contribution >= 0.6 is 11.6 Å². The van der Waals surface area contributed by atoms with Crippen molar-refractivity contribution in [1.29, 1.82) is 0 Å². The summed E-state index contributed by atoms with van der Waals surface area (Å²) < 4.78 is 46.2. The summed E-state index contributed by atoms with van der Waals surface area (Å²) in [7, 11) is 0.234. The zero-order valence-electron chi connectivity index (χ0n) is 20.0. The Kier molecular flexibility index (Phi) is 7.76. The van der Waals surface area contributed by atoms with Gasteiger partial charge in [0.15, 0.2) is 5.82 Å². The van der Waals surface area contributed by atoms with Crippen molar-refractivity contribution in [3.63, 3.8) is 0 Å². The number of methoxy groups -OCH3 is 3. The quantitative estimate of drug-likeness (QED) is 0.304. The molecule has 2 N–H and O–H groups in total. The summed E-state index contributed by atoms with van der Waals surface area (Å²) >= 11 is 5.83. The van der Waals surface area contributed by atoms with Crippen molar-refractivity contribution >= 4 is 27.6 Å². The Morgan fingerprint density at radius 1 is 1.00 bits per heavy atom. The Morgan fingerprint density at radius 2 is 1.70 bits per heavy atom. The van der Waals surface area contributed by atoms with Crippen molar-refractivity contribution < 1.29 is 27.7 Å².